The maximum absolute atomic E-state index is 12.8. The number of benzene rings is 1. The van der Waals surface area contributed by atoms with E-state index in [4.69, 9.17) is 0 Å². The zero-order valence-corrected chi connectivity index (χ0v) is 12.9. The molecular weight excluding hydrogens is 292 g/mol. The van der Waals surface area contributed by atoms with Gasteiger partial charge in [-0.3, -0.25) is 14.3 Å². The van der Waals surface area contributed by atoms with E-state index in [0.29, 0.717) is 11.4 Å². The highest BCUT2D eigenvalue weighted by Crippen LogP contribution is 2.36. The number of carbonyl (C=O) groups excluding carboxylic acids is 1. The second-order valence-electron chi connectivity index (χ2n) is 5.90. The number of amides is 1. The van der Waals surface area contributed by atoms with Gasteiger partial charge < -0.3 is 9.88 Å². The van der Waals surface area contributed by atoms with Crippen LogP contribution in [-0.4, -0.2) is 20.3 Å². The Kier molecular flexibility index (Phi) is 2.87. The van der Waals surface area contributed by atoms with E-state index in [9.17, 15) is 9.59 Å². The molecular formula is C17H16N4O2. The molecule has 23 heavy (non-hydrogen) atoms. The fraction of sp³-hybridized carbons (Fsp3) is 0.235. The van der Waals surface area contributed by atoms with Crippen molar-refractivity contribution in [1.82, 2.24) is 14.3 Å². The quantitative estimate of drug-likeness (QED) is 0.744. The lowest BCUT2D eigenvalue weighted by molar-refractivity contribution is -0.116. The molecule has 0 bridgehead atoms. The first-order chi connectivity index (χ1) is 11.1. The normalized spacial score (nSPS) is 17.1. The van der Waals surface area contributed by atoms with Crippen LogP contribution >= 0.6 is 0 Å². The molecule has 1 aliphatic rings. The Labute approximate surface area is 132 Å². The molecule has 0 radical (unpaired) electrons. The molecule has 0 aliphatic carbocycles. The van der Waals surface area contributed by atoms with Gasteiger partial charge in [0.25, 0.3) is 5.56 Å². The summed E-state index contributed by atoms with van der Waals surface area (Å²) in [7, 11) is 3.54. The molecule has 3 aromatic rings. The molecule has 0 fully saturated rings. The molecule has 2 aromatic heterocycles. The van der Waals surface area contributed by atoms with Crippen molar-refractivity contribution >= 4 is 22.6 Å². The van der Waals surface area contributed by atoms with Crippen molar-refractivity contribution in [3.05, 3.63) is 58.0 Å². The topological polar surface area (TPSA) is 68.9 Å². The van der Waals surface area contributed by atoms with E-state index in [-0.39, 0.29) is 23.8 Å². The van der Waals surface area contributed by atoms with Gasteiger partial charge in [-0.15, -0.1) is 0 Å². The second kappa shape index (κ2) is 4.81. The van der Waals surface area contributed by atoms with E-state index in [1.54, 1.807) is 29.5 Å². The molecule has 3 heterocycles. The molecule has 1 aromatic carbocycles. The van der Waals surface area contributed by atoms with Crippen LogP contribution in [0.25, 0.3) is 10.9 Å². The molecule has 0 spiro atoms. The van der Waals surface area contributed by atoms with Crippen molar-refractivity contribution in [3.8, 4) is 0 Å². The van der Waals surface area contributed by atoms with Gasteiger partial charge in [-0.2, -0.15) is 5.10 Å². The molecule has 0 saturated heterocycles. The Hall–Kier alpha value is -2.89. The number of para-hydroxylation sites is 1. The Morgan fingerprint density at radius 3 is 2.78 bits per heavy atom. The van der Waals surface area contributed by atoms with E-state index in [1.165, 1.54) is 0 Å². The number of pyridine rings is 1. The van der Waals surface area contributed by atoms with Crippen LogP contribution < -0.4 is 10.9 Å². The van der Waals surface area contributed by atoms with Gasteiger partial charge in [0.1, 0.15) is 5.82 Å². The minimum absolute atomic E-state index is 0.0711. The monoisotopic (exact) mass is 308 g/mol. The number of aromatic nitrogens is 3. The smallest absolute Gasteiger partial charge is 0.254 e. The third-order valence-corrected chi connectivity index (χ3v) is 4.53. The molecule has 116 valence electrons. The lowest BCUT2D eigenvalue weighted by Crippen LogP contribution is -2.30. The van der Waals surface area contributed by atoms with Gasteiger partial charge in [0, 0.05) is 37.6 Å². The van der Waals surface area contributed by atoms with Crippen LogP contribution in [0, 0.1) is 0 Å². The number of nitrogens with one attached hydrogen (secondary N) is 1. The largest absolute Gasteiger partial charge is 0.311 e. The molecule has 1 amide bonds. The summed E-state index contributed by atoms with van der Waals surface area (Å²) in [6.07, 6.45) is 1.99. The van der Waals surface area contributed by atoms with Gasteiger partial charge in [0.2, 0.25) is 5.91 Å². The number of carbonyl (C=O) groups is 1. The summed E-state index contributed by atoms with van der Waals surface area (Å²) in [5, 5.41) is 8.03. The molecule has 1 aliphatic heterocycles. The molecule has 0 saturated carbocycles. The molecule has 1 atom stereocenters. The van der Waals surface area contributed by atoms with Crippen LogP contribution in [-0.2, 0) is 18.9 Å². The summed E-state index contributed by atoms with van der Waals surface area (Å²) in [5.41, 5.74) is 2.33. The maximum Gasteiger partial charge on any atom is 0.254 e. The summed E-state index contributed by atoms with van der Waals surface area (Å²) < 4.78 is 3.28. The fourth-order valence-electron chi connectivity index (χ4n) is 3.32. The average molecular weight is 308 g/mol. The summed E-state index contributed by atoms with van der Waals surface area (Å²) in [6.45, 7) is 0. The number of nitrogens with zero attached hydrogens (tertiary/aromatic N) is 3. The minimum atomic E-state index is -0.268. The molecule has 4 rings (SSSR count). The first kappa shape index (κ1) is 13.8. The maximum atomic E-state index is 12.8. The third-order valence-electron chi connectivity index (χ3n) is 4.53. The van der Waals surface area contributed by atoms with Crippen LogP contribution in [0.15, 0.2) is 41.3 Å². The highest BCUT2D eigenvalue weighted by molar-refractivity contribution is 5.94. The fourth-order valence-corrected chi connectivity index (χ4v) is 3.32. The van der Waals surface area contributed by atoms with Crippen molar-refractivity contribution in [2.45, 2.75) is 12.3 Å². The van der Waals surface area contributed by atoms with Crippen molar-refractivity contribution in [2.75, 3.05) is 5.32 Å². The van der Waals surface area contributed by atoms with Crippen LogP contribution in [0.5, 0.6) is 0 Å². The van der Waals surface area contributed by atoms with Crippen molar-refractivity contribution < 1.29 is 4.79 Å². The van der Waals surface area contributed by atoms with Crippen LogP contribution in [0.4, 0.5) is 5.82 Å². The lowest BCUT2D eigenvalue weighted by atomic mass is 9.87. The Morgan fingerprint density at radius 1 is 1.17 bits per heavy atom. The predicted molar refractivity (Wildman–Crippen MR) is 87.5 cm³/mol. The van der Waals surface area contributed by atoms with Crippen molar-refractivity contribution in [2.24, 2.45) is 14.1 Å². The standard InChI is InChI=1S/C17H16N4O2/c1-20-14-6-4-3-5-10(14)7-12(17(20)23)11-8-15(22)19-16-13(11)9-18-21(16)2/h3-7,9,11H,8H2,1-2H3,(H,19,22). The van der Waals surface area contributed by atoms with E-state index in [0.717, 1.165) is 16.5 Å². The van der Waals surface area contributed by atoms with Gasteiger partial charge in [-0.25, -0.2) is 0 Å². The second-order valence-corrected chi connectivity index (χ2v) is 5.90. The molecule has 6 heteroatoms. The van der Waals surface area contributed by atoms with Crippen LogP contribution in [0.3, 0.4) is 0 Å². The van der Waals surface area contributed by atoms with Gasteiger partial charge >= 0.3 is 0 Å². The first-order valence-corrected chi connectivity index (χ1v) is 7.46. The van der Waals surface area contributed by atoms with Crippen LogP contribution in [0.1, 0.15) is 23.5 Å². The SMILES string of the molecule is Cn1ncc2c1NC(=O)CC2c1cc2ccccc2n(C)c1=O. The zero-order chi connectivity index (χ0) is 16.1. The first-order valence-electron chi connectivity index (χ1n) is 7.46. The number of hydrogen-bond donors (Lipinski definition) is 1. The minimum Gasteiger partial charge on any atom is -0.311 e. The van der Waals surface area contributed by atoms with Gasteiger partial charge in [-0.1, -0.05) is 18.2 Å². The Balaban J connectivity index is 1.98. The van der Waals surface area contributed by atoms with Crippen LogP contribution in [0.2, 0.25) is 0 Å². The lowest BCUT2D eigenvalue weighted by Gasteiger charge is -2.23. The number of aryl methyl sites for hydroxylation is 2. The zero-order valence-electron chi connectivity index (χ0n) is 12.9. The molecule has 1 N–H and O–H groups in total. The third kappa shape index (κ3) is 1.98. The van der Waals surface area contributed by atoms with Gasteiger partial charge in [-0.05, 0) is 17.5 Å². The summed E-state index contributed by atoms with van der Waals surface area (Å²) in [5.74, 6) is 0.304. The summed E-state index contributed by atoms with van der Waals surface area (Å²) >= 11 is 0. The van der Waals surface area contributed by atoms with E-state index in [2.05, 4.69) is 10.4 Å². The van der Waals surface area contributed by atoms with Crippen molar-refractivity contribution in [1.29, 1.82) is 0 Å². The van der Waals surface area contributed by atoms with Gasteiger partial charge in [0.15, 0.2) is 0 Å². The number of rotatable bonds is 1. The summed E-state index contributed by atoms with van der Waals surface area (Å²) in [4.78, 5) is 24.9. The summed E-state index contributed by atoms with van der Waals surface area (Å²) in [6, 6.07) is 9.65. The number of anilines is 1. The van der Waals surface area contributed by atoms with Gasteiger partial charge in [0.05, 0.1) is 11.7 Å². The predicted octanol–water partition coefficient (Wildman–Crippen LogP) is 1.75. The Morgan fingerprint density at radius 2 is 1.96 bits per heavy atom. The van der Waals surface area contributed by atoms with E-state index >= 15 is 0 Å². The van der Waals surface area contributed by atoms with Crippen molar-refractivity contribution in [3.63, 3.8) is 0 Å². The number of fused-ring (bicyclic) bond motifs is 2. The highest BCUT2D eigenvalue weighted by Gasteiger charge is 2.31. The van der Waals surface area contributed by atoms with E-state index in [1.807, 2.05) is 30.3 Å². The number of hydrogen-bond acceptors (Lipinski definition) is 3. The highest BCUT2D eigenvalue weighted by atomic mass is 16.2. The van der Waals surface area contributed by atoms with E-state index < -0.39 is 0 Å². The average Bonchev–Trinajstić information content (AvgIpc) is 2.91. The Bertz CT molecular complexity index is 999. The molecule has 6 nitrogen and oxygen atoms in total. The molecule has 1 unspecified atom stereocenters.